The number of carbonyl (C=O) groups excluding carboxylic acids is 2. The third-order valence-corrected chi connectivity index (χ3v) is 2.92. The molecule has 0 radical (unpaired) electrons. The van der Waals surface area contributed by atoms with E-state index in [2.05, 4.69) is 12.6 Å². The molecule has 0 aliphatic heterocycles. The van der Waals surface area contributed by atoms with Crippen molar-refractivity contribution in [3.63, 3.8) is 0 Å². The van der Waals surface area contributed by atoms with Gasteiger partial charge in [0.25, 0.3) is 0 Å². The van der Waals surface area contributed by atoms with Crippen molar-refractivity contribution in [1.82, 2.24) is 0 Å². The highest BCUT2D eigenvalue weighted by molar-refractivity contribution is 7.79. The Morgan fingerprint density at radius 2 is 1.89 bits per heavy atom. The second-order valence-electron chi connectivity index (χ2n) is 3.99. The van der Waals surface area contributed by atoms with Gasteiger partial charge in [0, 0.05) is 12.7 Å². The molecule has 104 valence electrons. The molecule has 0 aromatic heterocycles. The first-order chi connectivity index (χ1) is 9.04. The van der Waals surface area contributed by atoms with E-state index < -0.39 is 6.09 Å². The summed E-state index contributed by atoms with van der Waals surface area (Å²) < 4.78 is 9.81. The Morgan fingerprint density at radius 3 is 2.47 bits per heavy atom. The van der Waals surface area contributed by atoms with Gasteiger partial charge in [0.05, 0.1) is 5.92 Å². The van der Waals surface area contributed by atoms with E-state index in [1.807, 2.05) is 24.3 Å². The fourth-order valence-electron chi connectivity index (χ4n) is 1.70. The molecule has 6 heteroatoms. The Hall–Kier alpha value is -1.69. The summed E-state index contributed by atoms with van der Waals surface area (Å²) in [4.78, 5) is 21.6. The topological polar surface area (TPSA) is 78.6 Å². The van der Waals surface area contributed by atoms with Crippen molar-refractivity contribution in [2.75, 3.05) is 13.2 Å². The summed E-state index contributed by atoms with van der Waals surface area (Å²) in [5.41, 5.74) is 6.89. The predicted molar refractivity (Wildman–Crippen MR) is 74.0 cm³/mol. The number of nitrogens with two attached hydrogens (primary N) is 1. The Morgan fingerprint density at radius 1 is 1.26 bits per heavy atom. The fraction of sp³-hybridized carbons (Fsp3) is 0.385. The lowest BCUT2D eigenvalue weighted by molar-refractivity contribution is -0.141. The minimum Gasteiger partial charge on any atom is -0.465 e. The zero-order valence-electron chi connectivity index (χ0n) is 10.7. The van der Waals surface area contributed by atoms with E-state index in [4.69, 9.17) is 15.2 Å². The zero-order chi connectivity index (χ0) is 14.3. The molecule has 1 rings (SSSR count). The highest BCUT2D eigenvalue weighted by atomic mass is 32.1. The molecule has 5 nitrogen and oxygen atoms in total. The third kappa shape index (κ3) is 5.21. The number of rotatable bonds is 6. The van der Waals surface area contributed by atoms with Gasteiger partial charge in [-0.25, -0.2) is 4.79 Å². The van der Waals surface area contributed by atoms with Crippen molar-refractivity contribution in [2.24, 2.45) is 5.73 Å². The maximum absolute atomic E-state index is 10.9. The van der Waals surface area contributed by atoms with E-state index in [0.717, 1.165) is 11.1 Å². The Balaban J connectivity index is 2.86. The lowest BCUT2D eigenvalue weighted by Crippen LogP contribution is -2.22. The lowest BCUT2D eigenvalue weighted by atomic mass is 9.96. The van der Waals surface area contributed by atoms with E-state index in [9.17, 15) is 9.59 Å². The zero-order valence-corrected chi connectivity index (χ0v) is 11.6. The standard InChI is InChI=1S/C13H17NO4S/c1-9(15)17-6-11(7-18-13(14)16)12-5-3-2-4-10(12)8-19/h2-5,11,19H,6-8H2,1H3,(H2,14,16). The molecule has 0 fully saturated rings. The van der Waals surface area contributed by atoms with Gasteiger partial charge in [-0.15, -0.1) is 0 Å². The van der Waals surface area contributed by atoms with Crippen LogP contribution in [0, 0.1) is 0 Å². The SMILES string of the molecule is CC(=O)OCC(COC(N)=O)c1ccccc1CS. The van der Waals surface area contributed by atoms with Crippen LogP contribution in [-0.4, -0.2) is 25.3 Å². The molecule has 0 aliphatic carbocycles. The Labute approximate surface area is 117 Å². The van der Waals surface area contributed by atoms with Crippen molar-refractivity contribution in [3.8, 4) is 0 Å². The normalized spacial score (nSPS) is 11.7. The number of thiol groups is 1. The van der Waals surface area contributed by atoms with E-state index >= 15 is 0 Å². The van der Waals surface area contributed by atoms with Gasteiger partial charge in [-0.1, -0.05) is 24.3 Å². The largest absolute Gasteiger partial charge is 0.465 e. The number of carbonyl (C=O) groups is 2. The second-order valence-corrected chi connectivity index (χ2v) is 4.30. The van der Waals surface area contributed by atoms with Crippen LogP contribution in [0.3, 0.4) is 0 Å². The number of esters is 1. The third-order valence-electron chi connectivity index (χ3n) is 2.58. The molecule has 1 unspecified atom stereocenters. The Bertz CT molecular complexity index is 432. The minimum atomic E-state index is -0.851. The van der Waals surface area contributed by atoms with Crippen LogP contribution in [-0.2, 0) is 20.0 Å². The number of ether oxygens (including phenoxy) is 2. The van der Waals surface area contributed by atoms with Crippen molar-refractivity contribution in [2.45, 2.75) is 18.6 Å². The summed E-state index contributed by atoms with van der Waals surface area (Å²) >= 11 is 4.25. The molecule has 0 heterocycles. The molecule has 19 heavy (non-hydrogen) atoms. The lowest BCUT2D eigenvalue weighted by Gasteiger charge is -2.19. The summed E-state index contributed by atoms with van der Waals surface area (Å²) in [7, 11) is 0. The van der Waals surface area contributed by atoms with Crippen LogP contribution < -0.4 is 5.73 Å². The van der Waals surface area contributed by atoms with E-state index in [-0.39, 0.29) is 25.1 Å². The highest BCUT2D eigenvalue weighted by Gasteiger charge is 2.18. The van der Waals surface area contributed by atoms with Crippen molar-refractivity contribution in [3.05, 3.63) is 35.4 Å². The van der Waals surface area contributed by atoms with Gasteiger partial charge in [-0.05, 0) is 11.1 Å². The number of hydrogen-bond donors (Lipinski definition) is 2. The monoisotopic (exact) mass is 283 g/mol. The molecule has 0 aliphatic rings. The molecule has 1 atom stereocenters. The first-order valence-corrected chi connectivity index (χ1v) is 6.42. The number of amides is 1. The number of benzene rings is 1. The maximum atomic E-state index is 10.9. The average Bonchev–Trinajstić information content (AvgIpc) is 2.38. The smallest absolute Gasteiger partial charge is 0.404 e. The summed E-state index contributed by atoms with van der Waals surface area (Å²) in [6, 6.07) is 7.58. The number of hydrogen-bond acceptors (Lipinski definition) is 5. The van der Waals surface area contributed by atoms with Crippen LogP contribution in [0.25, 0.3) is 0 Å². The van der Waals surface area contributed by atoms with Gasteiger partial charge in [0.2, 0.25) is 0 Å². The van der Waals surface area contributed by atoms with E-state index in [0.29, 0.717) is 5.75 Å². The van der Waals surface area contributed by atoms with E-state index in [1.165, 1.54) is 6.92 Å². The second kappa shape index (κ2) is 7.68. The Kier molecular flexibility index (Phi) is 6.21. The van der Waals surface area contributed by atoms with Crippen LogP contribution >= 0.6 is 12.6 Å². The molecule has 1 amide bonds. The molecule has 0 bridgehead atoms. The quantitative estimate of drug-likeness (QED) is 0.617. The molecule has 0 spiro atoms. The number of primary amides is 1. The molecule has 2 N–H and O–H groups in total. The molecule has 1 aromatic carbocycles. The van der Waals surface area contributed by atoms with Crippen molar-refractivity contribution in [1.29, 1.82) is 0 Å². The first-order valence-electron chi connectivity index (χ1n) is 5.78. The van der Waals surface area contributed by atoms with Gasteiger partial charge in [-0.2, -0.15) is 12.6 Å². The summed E-state index contributed by atoms with van der Waals surface area (Å²) in [5.74, 6) is -0.0873. The van der Waals surface area contributed by atoms with Crippen molar-refractivity contribution < 1.29 is 19.1 Å². The van der Waals surface area contributed by atoms with Gasteiger partial charge in [-0.3, -0.25) is 4.79 Å². The van der Waals surface area contributed by atoms with Crippen LogP contribution in [0.15, 0.2) is 24.3 Å². The predicted octanol–water partition coefficient (Wildman–Crippen LogP) is 1.86. The maximum Gasteiger partial charge on any atom is 0.404 e. The van der Waals surface area contributed by atoms with Crippen LogP contribution in [0.2, 0.25) is 0 Å². The van der Waals surface area contributed by atoms with Crippen molar-refractivity contribution >= 4 is 24.7 Å². The molecular formula is C13H17NO4S. The van der Waals surface area contributed by atoms with Crippen LogP contribution in [0.1, 0.15) is 24.0 Å². The fourth-order valence-corrected chi connectivity index (χ4v) is 1.99. The average molecular weight is 283 g/mol. The molecule has 0 saturated heterocycles. The summed E-state index contributed by atoms with van der Waals surface area (Å²) in [5, 5.41) is 0. The van der Waals surface area contributed by atoms with E-state index in [1.54, 1.807) is 0 Å². The minimum absolute atomic E-state index is 0.0629. The van der Waals surface area contributed by atoms with Gasteiger partial charge in [0.15, 0.2) is 0 Å². The van der Waals surface area contributed by atoms with Crippen LogP contribution in [0.5, 0.6) is 0 Å². The van der Waals surface area contributed by atoms with Gasteiger partial charge >= 0.3 is 12.1 Å². The van der Waals surface area contributed by atoms with Gasteiger partial charge < -0.3 is 15.2 Å². The first kappa shape index (κ1) is 15.4. The highest BCUT2D eigenvalue weighted by Crippen LogP contribution is 2.22. The summed E-state index contributed by atoms with van der Waals surface area (Å²) in [6.07, 6.45) is -0.851. The van der Waals surface area contributed by atoms with Gasteiger partial charge in [0.1, 0.15) is 13.2 Å². The summed E-state index contributed by atoms with van der Waals surface area (Å²) in [6.45, 7) is 1.53. The molecule has 0 saturated carbocycles. The molecule has 1 aromatic rings. The van der Waals surface area contributed by atoms with Crippen LogP contribution in [0.4, 0.5) is 4.79 Å². The molecular weight excluding hydrogens is 266 g/mol.